The van der Waals surface area contributed by atoms with Gasteiger partial charge < -0.3 is 9.88 Å². The van der Waals surface area contributed by atoms with Crippen LogP contribution in [0.3, 0.4) is 0 Å². The maximum atomic E-state index is 15.1. The van der Waals surface area contributed by atoms with Crippen LogP contribution in [0.4, 0.5) is 30.2 Å². The van der Waals surface area contributed by atoms with Crippen molar-refractivity contribution in [3.63, 3.8) is 0 Å². The molecule has 1 atom stereocenters. The van der Waals surface area contributed by atoms with Crippen LogP contribution in [-0.4, -0.2) is 41.5 Å². The summed E-state index contributed by atoms with van der Waals surface area (Å²) in [6.07, 6.45) is -0.00922. The monoisotopic (exact) mass is 487 g/mol. The Morgan fingerprint density at radius 1 is 1.16 bits per heavy atom. The molecule has 1 saturated heterocycles. The lowest BCUT2D eigenvalue weighted by atomic mass is 10.2. The molecule has 0 amide bonds. The summed E-state index contributed by atoms with van der Waals surface area (Å²) in [6, 6.07) is 4.82. The summed E-state index contributed by atoms with van der Waals surface area (Å²) in [4.78, 5) is 16.3. The minimum atomic E-state index is -4.23. The highest BCUT2D eigenvalue weighted by molar-refractivity contribution is 7.90. The number of nitrogens with one attached hydrogen (secondary N) is 2. The van der Waals surface area contributed by atoms with Gasteiger partial charge in [0.2, 0.25) is 0 Å². The number of rotatable bonds is 5. The summed E-state index contributed by atoms with van der Waals surface area (Å²) < 4.78 is 72.4. The van der Waals surface area contributed by atoms with Gasteiger partial charge in [-0.25, -0.2) is 18.2 Å². The molecule has 1 unspecified atom stereocenters. The van der Waals surface area contributed by atoms with Gasteiger partial charge in [-0.05, 0) is 30.7 Å². The van der Waals surface area contributed by atoms with Crippen LogP contribution in [0.2, 0.25) is 5.02 Å². The molecule has 1 aliphatic rings. The standard InChI is InChI=1S/C19H17ClF3N5O3S/c1-27-9-24-12-2-3-13(18(23)16(12)19(27)29)25-14-6-10(20)7-15(17(14)22)26-32(30,31)28-5-4-11(21)8-28/h2-3,6-7,9,11,25-26H,4-5,8H2,1H3. The second kappa shape index (κ2) is 8.26. The lowest BCUT2D eigenvalue weighted by Crippen LogP contribution is -2.34. The summed E-state index contributed by atoms with van der Waals surface area (Å²) in [6.45, 7) is -0.386. The van der Waals surface area contributed by atoms with Crippen molar-refractivity contribution in [1.82, 2.24) is 13.9 Å². The van der Waals surface area contributed by atoms with E-state index in [0.29, 0.717) is 0 Å². The van der Waals surface area contributed by atoms with Crippen molar-refractivity contribution in [3.8, 4) is 0 Å². The van der Waals surface area contributed by atoms with E-state index in [0.717, 1.165) is 21.0 Å². The second-order valence-corrected chi connectivity index (χ2v) is 9.38. The van der Waals surface area contributed by atoms with E-state index in [1.807, 2.05) is 0 Å². The number of fused-ring (bicyclic) bond motifs is 1. The van der Waals surface area contributed by atoms with Crippen LogP contribution in [0.5, 0.6) is 0 Å². The Hall–Kier alpha value is -2.83. The molecule has 170 valence electrons. The molecule has 13 heteroatoms. The molecule has 2 N–H and O–H groups in total. The first kappa shape index (κ1) is 22.4. The molecule has 0 spiro atoms. The highest BCUT2D eigenvalue weighted by atomic mass is 35.5. The molecule has 2 heterocycles. The fourth-order valence-corrected chi connectivity index (χ4v) is 4.84. The van der Waals surface area contributed by atoms with Crippen molar-refractivity contribution < 1.29 is 21.6 Å². The van der Waals surface area contributed by atoms with E-state index in [4.69, 9.17) is 11.6 Å². The fourth-order valence-electron chi connectivity index (χ4n) is 3.36. The van der Waals surface area contributed by atoms with E-state index in [2.05, 4.69) is 15.0 Å². The first-order valence-corrected chi connectivity index (χ1v) is 11.2. The van der Waals surface area contributed by atoms with Crippen molar-refractivity contribution in [2.75, 3.05) is 23.1 Å². The Labute approximate surface area is 185 Å². The van der Waals surface area contributed by atoms with Crippen LogP contribution in [0, 0.1) is 11.6 Å². The van der Waals surface area contributed by atoms with Crippen LogP contribution in [-0.2, 0) is 17.3 Å². The van der Waals surface area contributed by atoms with Gasteiger partial charge in [-0.2, -0.15) is 12.7 Å². The zero-order valence-electron chi connectivity index (χ0n) is 16.6. The van der Waals surface area contributed by atoms with Crippen LogP contribution >= 0.6 is 11.6 Å². The quantitative estimate of drug-likeness (QED) is 0.575. The predicted molar refractivity (Wildman–Crippen MR) is 115 cm³/mol. The predicted octanol–water partition coefficient (Wildman–Crippen LogP) is 3.31. The average Bonchev–Trinajstić information content (AvgIpc) is 3.17. The number of halogens is 4. The van der Waals surface area contributed by atoms with Gasteiger partial charge in [0, 0.05) is 25.2 Å². The van der Waals surface area contributed by atoms with Gasteiger partial charge in [-0.15, -0.1) is 0 Å². The molecule has 1 fully saturated rings. The fraction of sp³-hybridized carbons (Fsp3) is 0.263. The molecule has 0 bridgehead atoms. The molecule has 1 aromatic heterocycles. The van der Waals surface area contributed by atoms with Crippen LogP contribution in [0.25, 0.3) is 10.9 Å². The minimum Gasteiger partial charge on any atom is -0.351 e. The highest BCUT2D eigenvalue weighted by Gasteiger charge is 2.32. The van der Waals surface area contributed by atoms with E-state index in [-0.39, 0.29) is 46.8 Å². The third-order valence-corrected chi connectivity index (χ3v) is 6.71. The van der Waals surface area contributed by atoms with E-state index < -0.39 is 39.3 Å². The topological polar surface area (TPSA) is 96.3 Å². The molecule has 32 heavy (non-hydrogen) atoms. The Morgan fingerprint density at radius 3 is 2.56 bits per heavy atom. The molecule has 8 nitrogen and oxygen atoms in total. The lowest BCUT2D eigenvalue weighted by molar-refractivity contribution is 0.343. The smallest absolute Gasteiger partial charge is 0.301 e. The third kappa shape index (κ3) is 4.12. The number of aromatic nitrogens is 2. The largest absolute Gasteiger partial charge is 0.351 e. The van der Waals surface area contributed by atoms with Crippen molar-refractivity contribution in [1.29, 1.82) is 0 Å². The summed E-state index contributed by atoms with van der Waals surface area (Å²) in [7, 11) is -2.82. The van der Waals surface area contributed by atoms with Crippen molar-refractivity contribution in [2.24, 2.45) is 7.05 Å². The number of nitrogens with zero attached hydrogens (tertiary/aromatic N) is 3. The number of aryl methyl sites for hydroxylation is 1. The molecular formula is C19H17ClF3N5O3S. The number of hydrogen-bond acceptors (Lipinski definition) is 5. The molecule has 0 aliphatic carbocycles. The number of anilines is 3. The van der Waals surface area contributed by atoms with E-state index >= 15 is 8.78 Å². The van der Waals surface area contributed by atoms with Gasteiger partial charge in [0.05, 0.1) is 28.9 Å². The van der Waals surface area contributed by atoms with Gasteiger partial charge in [-0.1, -0.05) is 11.6 Å². The zero-order valence-corrected chi connectivity index (χ0v) is 18.1. The van der Waals surface area contributed by atoms with E-state index in [9.17, 15) is 17.6 Å². The van der Waals surface area contributed by atoms with Crippen LogP contribution < -0.4 is 15.6 Å². The number of benzene rings is 2. The van der Waals surface area contributed by atoms with Gasteiger partial charge >= 0.3 is 10.2 Å². The molecule has 2 aromatic carbocycles. The van der Waals surface area contributed by atoms with Gasteiger partial charge in [-0.3, -0.25) is 9.52 Å². The molecule has 0 radical (unpaired) electrons. The first-order valence-electron chi connectivity index (χ1n) is 9.38. The van der Waals surface area contributed by atoms with Gasteiger partial charge in [0.15, 0.2) is 11.6 Å². The SMILES string of the molecule is Cn1cnc2ccc(Nc3cc(Cl)cc(NS(=O)(=O)N4CCC(F)C4)c3F)c(F)c2c1=O. The molecule has 0 saturated carbocycles. The third-order valence-electron chi connectivity index (χ3n) is 5.00. The molecule has 1 aliphatic heterocycles. The molecular weight excluding hydrogens is 471 g/mol. The summed E-state index contributed by atoms with van der Waals surface area (Å²) in [5, 5.41) is 2.16. The van der Waals surface area contributed by atoms with Crippen LogP contribution in [0.15, 0.2) is 35.4 Å². The maximum Gasteiger partial charge on any atom is 0.301 e. The first-order chi connectivity index (χ1) is 15.1. The lowest BCUT2D eigenvalue weighted by Gasteiger charge is -2.19. The maximum absolute atomic E-state index is 15.1. The average molecular weight is 488 g/mol. The Kier molecular flexibility index (Phi) is 5.77. The van der Waals surface area contributed by atoms with Gasteiger partial charge in [0.1, 0.15) is 11.6 Å². The summed E-state index contributed by atoms with van der Waals surface area (Å²) in [5.74, 6) is -2.02. The van der Waals surface area contributed by atoms with E-state index in [1.54, 1.807) is 0 Å². The number of hydrogen-bond donors (Lipinski definition) is 2. The van der Waals surface area contributed by atoms with E-state index in [1.165, 1.54) is 25.5 Å². The van der Waals surface area contributed by atoms with Crippen molar-refractivity contribution in [3.05, 3.63) is 57.6 Å². The second-order valence-electron chi connectivity index (χ2n) is 7.27. The summed E-state index contributed by atoms with van der Waals surface area (Å²) in [5.41, 5.74) is -1.58. The zero-order chi connectivity index (χ0) is 23.2. The Morgan fingerprint density at radius 2 is 1.88 bits per heavy atom. The van der Waals surface area contributed by atoms with Crippen LogP contribution in [0.1, 0.15) is 6.42 Å². The number of alkyl halides is 1. The normalized spacial score (nSPS) is 17.1. The Balaban J connectivity index is 1.70. The van der Waals surface area contributed by atoms with Crippen molar-refractivity contribution >= 4 is 49.8 Å². The van der Waals surface area contributed by atoms with Gasteiger partial charge in [0.25, 0.3) is 5.56 Å². The molecule has 4 rings (SSSR count). The molecule has 3 aromatic rings. The summed E-state index contributed by atoms with van der Waals surface area (Å²) >= 11 is 6.01. The Bertz CT molecular complexity index is 1380. The minimum absolute atomic E-state index is 0.0430. The highest BCUT2D eigenvalue weighted by Crippen LogP contribution is 2.33. The van der Waals surface area contributed by atoms with Crippen molar-refractivity contribution in [2.45, 2.75) is 12.6 Å².